The molecule has 0 spiro atoms. The first-order valence-corrected chi connectivity index (χ1v) is 5.00. The van der Waals surface area contributed by atoms with E-state index in [0.29, 0.717) is 11.2 Å². The van der Waals surface area contributed by atoms with Crippen molar-refractivity contribution in [3.05, 3.63) is 11.1 Å². The minimum absolute atomic E-state index is 0.188. The number of nitrogen functional groups attached to an aromatic ring is 1. The zero-order chi connectivity index (χ0) is 8.55. The van der Waals surface area contributed by atoms with Crippen LogP contribution in [0.1, 0.15) is 31.6 Å². The highest BCUT2D eigenvalue weighted by Crippen LogP contribution is 2.33. The molecular weight excluding hydrogens is 172 g/mol. The first-order chi connectivity index (χ1) is 5.75. The van der Waals surface area contributed by atoms with Gasteiger partial charge in [0, 0.05) is 5.38 Å². The smallest absolute Gasteiger partial charge is 0.180 e. The molecular formula is C8H12N2OS. The summed E-state index contributed by atoms with van der Waals surface area (Å²) in [4.78, 5) is 4.20. The topological polar surface area (TPSA) is 48.1 Å². The fourth-order valence-electron chi connectivity index (χ4n) is 1.47. The molecule has 3 nitrogen and oxygen atoms in total. The van der Waals surface area contributed by atoms with Gasteiger partial charge in [0.1, 0.15) is 6.10 Å². The van der Waals surface area contributed by atoms with Crippen LogP contribution in [0.25, 0.3) is 0 Å². The lowest BCUT2D eigenvalue weighted by Crippen LogP contribution is -2.01. The minimum Gasteiger partial charge on any atom is -0.375 e. The average molecular weight is 184 g/mol. The number of hydrogen-bond donors (Lipinski definition) is 1. The fraction of sp³-hybridized carbons (Fsp3) is 0.625. The van der Waals surface area contributed by atoms with Gasteiger partial charge in [0.25, 0.3) is 0 Å². The molecule has 1 saturated heterocycles. The lowest BCUT2D eigenvalue weighted by atomic mass is 10.2. The maximum absolute atomic E-state index is 5.65. The van der Waals surface area contributed by atoms with Gasteiger partial charge in [0.05, 0.1) is 11.8 Å². The quantitative estimate of drug-likeness (QED) is 0.725. The summed E-state index contributed by atoms with van der Waals surface area (Å²) in [5.41, 5.74) is 6.53. The van der Waals surface area contributed by atoms with E-state index in [-0.39, 0.29) is 6.10 Å². The molecule has 0 bridgehead atoms. The summed E-state index contributed by atoms with van der Waals surface area (Å²) in [6.07, 6.45) is 2.76. The van der Waals surface area contributed by atoms with Gasteiger partial charge in [-0.3, -0.25) is 0 Å². The van der Waals surface area contributed by atoms with Gasteiger partial charge in [-0.15, -0.1) is 11.3 Å². The zero-order valence-corrected chi connectivity index (χ0v) is 7.80. The Hall–Kier alpha value is -0.610. The monoisotopic (exact) mass is 184 g/mol. The van der Waals surface area contributed by atoms with E-state index in [1.807, 2.05) is 5.38 Å². The summed E-state index contributed by atoms with van der Waals surface area (Å²) in [6, 6.07) is 0. The summed E-state index contributed by atoms with van der Waals surface area (Å²) in [7, 11) is 0. The first kappa shape index (κ1) is 8.01. The van der Waals surface area contributed by atoms with Gasteiger partial charge in [-0.25, -0.2) is 4.98 Å². The molecule has 1 aliphatic heterocycles. The second-order valence-corrected chi connectivity index (χ2v) is 4.01. The lowest BCUT2D eigenvalue weighted by Gasteiger charge is -2.06. The number of nitrogens with two attached hydrogens (primary N) is 1. The minimum atomic E-state index is 0.188. The Kier molecular flexibility index (Phi) is 2.02. The second kappa shape index (κ2) is 3.03. The fourth-order valence-corrected chi connectivity index (χ4v) is 2.07. The van der Waals surface area contributed by atoms with Crippen molar-refractivity contribution in [3.8, 4) is 0 Å². The summed E-state index contributed by atoms with van der Waals surface area (Å²) in [5.74, 6) is 0. The van der Waals surface area contributed by atoms with Gasteiger partial charge >= 0.3 is 0 Å². The Morgan fingerprint density at radius 3 is 3.00 bits per heavy atom. The molecule has 0 saturated carbocycles. The predicted octanol–water partition coefficient (Wildman–Crippen LogP) is 1.97. The van der Waals surface area contributed by atoms with Crippen LogP contribution in [0.3, 0.4) is 0 Å². The van der Waals surface area contributed by atoms with Gasteiger partial charge in [0.2, 0.25) is 0 Å². The number of rotatable bonds is 1. The van der Waals surface area contributed by atoms with Crippen LogP contribution in [0.2, 0.25) is 0 Å². The lowest BCUT2D eigenvalue weighted by molar-refractivity contribution is 0.0534. The van der Waals surface area contributed by atoms with Crippen LogP contribution in [0.15, 0.2) is 5.38 Å². The van der Waals surface area contributed by atoms with Crippen molar-refractivity contribution in [1.29, 1.82) is 0 Å². The van der Waals surface area contributed by atoms with Gasteiger partial charge < -0.3 is 10.5 Å². The Bertz CT molecular complexity index is 274. The molecule has 2 unspecified atom stereocenters. The highest BCUT2D eigenvalue weighted by Gasteiger charge is 2.24. The molecule has 0 aliphatic carbocycles. The number of nitrogens with zero attached hydrogens (tertiary/aromatic N) is 1. The van der Waals surface area contributed by atoms with Crippen LogP contribution in [-0.2, 0) is 4.74 Å². The Morgan fingerprint density at radius 1 is 1.67 bits per heavy atom. The Morgan fingerprint density at radius 2 is 2.50 bits per heavy atom. The molecule has 2 N–H and O–H groups in total. The van der Waals surface area contributed by atoms with Crippen LogP contribution < -0.4 is 5.73 Å². The van der Waals surface area contributed by atoms with Crippen LogP contribution in [0.5, 0.6) is 0 Å². The highest BCUT2D eigenvalue weighted by atomic mass is 32.1. The van der Waals surface area contributed by atoms with E-state index in [9.17, 15) is 0 Å². The molecule has 66 valence electrons. The second-order valence-electron chi connectivity index (χ2n) is 3.12. The number of aromatic nitrogens is 1. The highest BCUT2D eigenvalue weighted by molar-refractivity contribution is 7.13. The number of thiazole rings is 1. The van der Waals surface area contributed by atoms with E-state index in [0.717, 1.165) is 18.5 Å². The van der Waals surface area contributed by atoms with Crippen LogP contribution in [0, 0.1) is 0 Å². The van der Waals surface area contributed by atoms with Gasteiger partial charge in [-0.05, 0) is 19.8 Å². The molecule has 1 aromatic heterocycles. The largest absolute Gasteiger partial charge is 0.375 e. The first-order valence-electron chi connectivity index (χ1n) is 4.12. The van der Waals surface area contributed by atoms with E-state index in [4.69, 9.17) is 10.5 Å². The van der Waals surface area contributed by atoms with E-state index in [2.05, 4.69) is 11.9 Å². The third-order valence-electron chi connectivity index (χ3n) is 2.10. The van der Waals surface area contributed by atoms with Crippen molar-refractivity contribution >= 4 is 16.5 Å². The molecule has 4 heteroatoms. The molecule has 12 heavy (non-hydrogen) atoms. The summed E-state index contributed by atoms with van der Waals surface area (Å²) in [6.45, 7) is 2.09. The molecule has 0 radical (unpaired) electrons. The van der Waals surface area contributed by atoms with Crippen LogP contribution in [-0.4, -0.2) is 11.1 Å². The number of ether oxygens (including phenoxy) is 1. The van der Waals surface area contributed by atoms with Gasteiger partial charge in [0.15, 0.2) is 5.13 Å². The molecule has 2 rings (SSSR count). The predicted molar refractivity (Wildman–Crippen MR) is 49.0 cm³/mol. The molecule has 0 amide bonds. The molecule has 0 aromatic carbocycles. The maximum Gasteiger partial charge on any atom is 0.180 e. The number of hydrogen-bond acceptors (Lipinski definition) is 4. The van der Waals surface area contributed by atoms with E-state index < -0.39 is 0 Å². The van der Waals surface area contributed by atoms with Crippen LogP contribution >= 0.6 is 11.3 Å². The third-order valence-corrected chi connectivity index (χ3v) is 2.79. The van der Waals surface area contributed by atoms with Crippen molar-refractivity contribution in [2.75, 3.05) is 5.73 Å². The van der Waals surface area contributed by atoms with Crippen LogP contribution in [0.4, 0.5) is 5.13 Å². The standard InChI is InChI=1S/C8H12N2OS/c1-5-2-3-7(11-5)6-4-12-8(9)10-6/h4-5,7H,2-3H2,1H3,(H2,9,10). The van der Waals surface area contributed by atoms with E-state index >= 15 is 0 Å². The van der Waals surface area contributed by atoms with Crippen molar-refractivity contribution in [2.45, 2.75) is 32.0 Å². The van der Waals surface area contributed by atoms with E-state index in [1.54, 1.807) is 0 Å². The average Bonchev–Trinajstić information content (AvgIpc) is 2.58. The third kappa shape index (κ3) is 1.44. The number of anilines is 1. The normalized spacial score (nSPS) is 29.4. The SMILES string of the molecule is CC1CCC(c2csc(N)n2)O1. The van der Waals surface area contributed by atoms with Gasteiger partial charge in [-0.2, -0.15) is 0 Å². The van der Waals surface area contributed by atoms with E-state index in [1.165, 1.54) is 11.3 Å². The van der Waals surface area contributed by atoms with Crippen molar-refractivity contribution in [3.63, 3.8) is 0 Å². The van der Waals surface area contributed by atoms with Gasteiger partial charge in [-0.1, -0.05) is 0 Å². The summed E-state index contributed by atoms with van der Waals surface area (Å²) in [5, 5.41) is 2.62. The zero-order valence-electron chi connectivity index (χ0n) is 6.99. The molecule has 1 aromatic rings. The summed E-state index contributed by atoms with van der Waals surface area (Å²) >= 11 is 1.48. The summed E-state index contributed by atoms with van der Waals surface area (Å²) < 4.78 is 5.65. The molecule has 1 fully saturated rings. The van der Waals surface area contributed by atoms with Crippen molar-refractivity contribution in [1.82, 2.24) is 4.98 Å². The Balaban J connectivity index is 2.11. The van der Waals surface area contributed by atoms with Crippen molar-refractivity contribution < 1.29 is 4.74 Å². The maximum atomic E-state index is 5.65. The molecule has 1 aliphatic rings. The molecule has 2 heterocycles. The van der Waals surface area contributed by atoms with Crippen molar-refractivity contribution in [2.24, 2.45) is 0 Å². The molecule has 2 atom stereocenters. The Labute approximate surface area is 75.6 Å².